The number of hydrogen-bond donors (Lipinski definition) is 0. The van der Waals surface area contributed by atoms with Crippen molar-refractivity contribution in [3.8, 4) is 16.9 Å². The molecule has 0 amide bonds. The first-order valence-corrected chi connectivity index (χ1v) is 15.8. The maximum absolute atomic E-state index is 4.62. The van der Waals surface area contributed by atoms with E-state index in [1.165, 1.54) is 61.6 Å². The molecule has 0 saturated heterocycles. The molecule has 1 aliphatic heterocycles. The minimum absolute atomic E-state index is 0.0210. The lowest BCUT2D eigenvalue weighted by molar-refractivity contribution is 0.366. The minimum Gasteiger partial charge on any atom is -0.337 e. The first-order chi connectivity index (χ1) is 21.3. The lowest BCUT2D eigenvalue weighted by atomic mass is 9.57. The molecule has 5 heteroatoms. The van der Waals surface area contributed by atoms with Gasteiger partial charge in [0.25, 0.3) is 0 Å². The van der Waals surface area contributed by atoms with Gasteiger partial charge in [-0.1, -0.05) is 73.2 Å². The molecule has 0 spiro atoms. The van der Waals surface area contributed by atoms with Crippen molar-refractivity contribution < 1.29 is 0 Å². The van der Waals surface area contributed by atoms with Gasteiger partial charge in [-0.15, -0.1) is 0 Å². The number of aryl methyl sites for hydroxylation is 3. The van der Waals surface area contributed by atoms with E-state index in [9.17, 15) is 0 Å². The Hall–Kier alpha value is -4.64. The molecule has 3 atom stereocenters. The van der Waals surface area contributed by atoms with Gasteiger partial charge in [-0.2, -0.15) is 0 Å². The van der Waals surface area contributed by atoms with E-state index in [4.69, 9.17) is 0 Å². The third-order valence-corrected chi connectivity index (χ3v) is 10.6. The average Bonchev–Trinajstić information content (AvgIpc) is 3.56. The zero-order valence-electron chi connectivity index (χ0n) is 26.5. The highest BCUT2D eigenvalue weighted by Crippen LogP contribution is 2.59. The number of aromatic nitrogens is 3. The summed E-state index contributed by atoms with van der Waals surface area (Å²) in [6.45, 7) is 11.4. The van der Waals surface area contributed by atoms with Gasteiger partial charge in [0.1, 0.15) is 18.2 Å². The van der Waals surface area contributed by atoms with Crippen LogP contribution in [0.5, 0.6) is 0 Å². The molecule has 0 fully saturated rings. The van der Waals surface area contributed by atoms with Crippen LogP contribution in [0.25, 0.3) is 22.5 Å². The summed E-state index contributed by atoms with van der Waals surface area (Å²) >= 11 is 0. The normalized spacial score (nSPS) is 21.8. The predicted molar refractivity (Wildman–Crippen MR) is 181 cm³/mol. The van der Waals surface area contributed by atoms with Gasteiger partial charge < -0.3 is 14.4 Å². The highest BCUT2D eigenvalue weighted by molar-refractivity contribution is 5.88. The van der Waals surface area contributed by atoms with E-state index in [1.54, 1.807) is 6.33 Å². The summed E-state index contributed by atoms with van der Waals surface area (Å²) in [5.41, 5.74) is 15.9. The summed E-state index contributed by atoms with van der Waals surface area (Å²) in [5, 5.41) is 0. The topological polar surface area (TPSA) is 37.2 Å². The van der Waals surface area contributed by atoms with Gasteiger partial charge in [-0.25, -0.2) is 9.97 Å². The third kappa shape index (κ3) is 3.71. The highest BCUT2D eigenvalue weighted by Gasteiger charge is 2.46. The Bertz CT molecular complexity index is 1960. The van der Waals surface area contributed by atoms with Gasteiger partial charge in [0, 0.05) is 29.8 Å². The molecule has 0 radical (unpaired) electrons. The standard InChI is InChI=1S/C39H39N5/c1-24-19-25(2)36(26(3)20-24)43-18-16-31-33-21-28(15-17-39(33,5)32-13-9-7-12-30(32)37(31)43)29-11-8-10-14-34(29)44-27(4)42(6)38-35(44)22-40-23-41-38/h7-16,18-20,22-23,27,33H,17,21H2,1-6H3. The van der Waals surface area contributed by atoms with Crippen molar-refractivity contribution in [1.82, 2.24) is 14.5 Å². The molecule has 3 aromatic carbocycles. The van der Waals surface area contributed by atoms with Crippen molar-refractivity contribution in [3.63, 3.8) is 0 Å². The van der Waals surface area contributed by atoms with Crippen LogP contribution in [0.15, 0.2) is 91.5 Å². The van der Waals surface area contributed by atoms with Gasteiger partial charge in [-0.3, -0.25) is 0 Å². The molecule has 8 rings (SSSR count). The number of allylic oxidation sites excluding steroid dienone is 2. The van der Waals surface area contributed by atoms with Gasteiger partial charge in [-0.05, 0) is 86.4 Å². The second kappa shape index (κ2) is 9.68. The largest absolute Gasteiger partial charge is 0.337 e. The van der Waals surface area contributed by atoms with Gasteiger partial charge >= 0.3 is 0 Å². The van der Waals surface area contributed by atoms with Crippen molar-refractivity contribution in [2.45, 2.75) is 65.0 Å². The van der Waals surface area contributed by atoms with Gasteiger partial charge in [0.05, 0.1) is 23.3 Å². The fourth-order valence-electron chi connectivity index (χ4n) is 8.51. The Kier molecular flexibility index (Phi) is 5.93. The molecule has 3 heterocycles. The van der Waals surface area contributed by atoms with E-state index in [2.05, 4.69) is 145 Å². The zero-order chi connectivity index (χ0) is 30.3. The Morgan fingerprint density at radius 3 is 2.41 bits per heavy atom. The van der Waals surface area contributed by atoms with Gasteiger partial charge in [0.15, 0.2) is 5.82 Å². The summed E-state index contributed by atoms with van der Waals surface area (Å²) in [7, 11) is 2.12. The molecular weight excluding hydrogens is 538 g/mol. The number of anilines is 3. The van der Waals surface area contributed by atoms with Crippen molar-refractivity contribution in [2.24, 2.45) is 0 Å². The smallest absolute Gasteiger partial charge is 0.157 e. The summed E-state index contributed by atoms with van der Waals surface area (Å²) in [6.07, 6.45) is 10.6. The van der Waals surface area contributed by atoms with Crippen LogP contribution in [0.1, 0.15) is 66.0 Å². The van der Waals surface area contributed by atoms with Crippen LogP contribution in [-0.2, 0) is 5.41 Å². The van der Waals surface area contributed by atoms with Crippen molar-refractivity contribution in [1.29, 1.82) is 0 Å². The lowest BCUT2D eigenvalue weighted by Gasteiger charge is -2.46. The number of benzene rings is 3. The molecule has 2 aromatic heterocycles. The van der Waals surface area contributed by atoms with E-state index in [0.29, 0.717) is 5.92 Å². The number of hydrogen-bond acceptors (Lipinski definition) is 4. The quantitative estimate of drug-likeness (QED) is 0.214. The molecule has 3 aliphatic rings. The van der Waals surface area contributed by atoms with Crippen LogP contribution < -0.4 is 9.80 Å². The van der Waals surface area contributed by atoms with Crippen LogP contribution in [0, 0.1) is 20.8 Å². The van der Waals surface area contributed by atoms with Crippen LogP contribution in [0.2, 0.25) is 0 Å². The number of rotatable bonds is 3. The van der Waals surface area contributed by atoms with E-state index < -0.39 is 0 Å². The van der Waals surface area contributed by atoms with E-state index in [0.717, 1.165) is 24.3 Å². The Morgan fingerprint density at radius 2 is 1.61 bits per heavy atom. The average molecular weight is 578 g/mol. The molecule has 44 heavy (non-hydrogen) atoms. The van der Waals surface area contributed by atoms with Crippen LogP contribution in [0.3, 0.4) is 0 Å². The summed E-state index contributed by atoms with van der Waals surface area (Å²) in [4.78, 5) is 13.7. The molecule has 2 aliphatic carbocycles. The molecule has 0 bridgehead atoms. The van der Waals surface area contributed by atoms with Crippen molar-refractivity contribution >= 4 is 22.8 Å². The fourth-order valence-corrected chi connectivity index (χ4v) is 8.51. The molecule has 220 valence electrons. The second-order valence-corrected chi connectivity index (χ2v) is 13.3. The van der Waals surface area contributed by atoms with Crippen molar-refractivity contribution in [3.05, 3.63) is 125 Å². The van der Waals surface area contributed by atoms with Crippen LogP contribution >= 0.6 is 0 Å². The molecule has 0 N–H and O–H groups in total. The predicted octanol–water partition coefficient (Wildman–Crippen LogP) is 9.03. The Labute approximate surface area is 260 Å². The lowest BCUT2D eigenvalue weighted by Crippen LogP contribution is -2.37. The summed E-state index contributed by atoms with van der Waals surface area (Å²) < 4.78 is 2.47. The second-order valence-electron chi connectivity index (χ2n) is 13.3. The van der Waals surface area contributed by atoms with E-state index in [-0.39, 0.29) is 11.6 Å². The highest BCUT2D eigenvalue weighted by atomic mass is 15.4. The zero-order valence-corrected chi connectivity index (χ0v) is 26.5. The molecule has 3 unspecified atom stereocenters. The van der Waals surface area contributed by atoms with E-state index >= 15 is 0 Å². The minimum atomic E-state index is 0.0210. The molecule has 5 nitrogen and oxygen atoms in total. The van der Waals surface area contributed by atoms with Crippen LogP contribution in [0.4, 0.5) is 17.2 Å². The van der Waals surface area contributed by atoms with Gasteiger partial charge in [0.2, 0.25) is 0 Å². The third-order valence-electron chi connectivity index (χ3n) is 10.6. The monoisotopic (exact) mass is 577 g/mol. The summed E-state index contributed by atoms with van der Waals surface area (Å²) in [5.74, 6) is 1.34. The number of para-hydroxylation sites is 1. The van der Waals surface area contributed by atoms with Crippen LogP contribution in [-0.4, -0.2) is 27.7 Å². The van der Waals surface area contributed by atoms with E-state index in [1.807, 2.05) is 6.20 Å². The molecule has 0 saturated carbocycles. The maximum Gasteiger partial charge on any atom is 0.157 e. The number of nitrogens with zero attached hydrogens (tertiary/aromatic N) is 5. The molecule has 5 aromatic rings. The Balaban J connectivity index is 1.27. The SMILES string of the molecule is Cc1cc(C)c(-n2ccc3c2-c2ccccc2C2(C)CC=C(c4ccccc4N4c5cncnc5N(C)C4C)CC32)c(C)c1. The van der Waals surface area contributed by atoms with Crippen molar-refractivity contribution in [2.75, 3.05) is 16.8 Å². The first-order valence-electron chi connectivity index (χ1n) is 15.8. The Morgan fingerprint density at radius 1 is 0.886 bits per heavy atom. The maximum atomic E-state index is 4.62. The fraction of sp³-hybridized carbons (Fsp3) is 0.282. The first kappa shape index (κ1) is 26.9. The summed E-state index contributed by atoms with van der Waals surface area (Å²) in [6, 6.07) is 25.1. The number of fused-ring (bicyclic) bond motifs is 7. The molecular formula is C39H39N5.